The van der Waals surface area contributed by atoms with Gasteiger partial charge in [-0.15, -0.1) is 0 Å². The Balaban J connectivity index is 1.45. The first-order valence-corrected chi connectivity index (χ1v) is 12.6. The number of thioether (sulfide) groups is 1. The third-order valence-corrected chi connectivity index (χ3v) is 6.43. The summed E-state index contributed by atoms with van der Waals surface area (Å²) in [5, 5.41) is 9.54. The third-order valence-electron chi connectivity index (χ3n) is 5.57. The second-order valence-corrected chi connectivity index (χ2v) is 9.96. The summed E-state index contributed by atoms with van der Waals surface area (Å²) in [5.74, 6) is 2.06. The lowest BCUT2D eigenvalue weighted by Crippen LogP contribution is -2.37. The van der Waals surface area contributed by atoms with Crippen LogP contribution in [0.4, 0.5) is 5.82 Å². The van der Waals surface area contributed by atoms with Crippen molar-refractivity contribution in [2.45, 2.75) is 37.2 Å². The van der Waals surface area contributed by atoms with Crippen LogP contribution in [0, 0.1) is 0 Å². The molecule has 0 aliphatic carbocycles. The maximum Gasteiger partial charge on any atom is 0.224 e. The van der Waals surface area contributed by atoms with E-state index in [4.69, 9.17) is 24.2 Å². The number of nitrogens with one attached hydrogen (secondary N) is 1. The normalized spacial score (nSPS) is 13.9. The molecule has 2 aromatic heterocycles. The predicted molar refractivity (Wildman–Crippen MR) is 136 cm³/mol. The zero-order chi connectivity index (χ0) is 24.8. The molecular formula is C24H32N6O4S. The Morgan fingerprint density at radius 1 is 1.17 bits per heavy atom. The number of nitrogens with zero attached hydrogens (tertiary/aromatic N) is 5. The number of benzene rings is 1. The highest BCUT2D eigenvalue weighted by molar-refractivity contribution is 7.99. The molecule has 4 rings (SSSR count). The van der Waals surface area contributed by atoms with Crippen LogP contribution in [0.3, 0.4) is 0 Å². The molecule has 1 aromatic carbocycles. The number of carbonyl (C=O) groups is 1. The zero-order valence-corrected chi connectivity index (χ0v) is 21.4. The lowest BCUT2D eigenvalue weighted by Gasteiger charge is -2.28. The molecule has 0 saturated carbocycles. The number of methoxy groups -OCH3 is 2. The van der Waals surface area contributed by atoms with Gasteiger partial charge < -0.3 is 24.4 Å². The summed E-state index contributed by atoms with van der Waals surface area (Å²) in [5.41, 5.74) is 1.63. The van der Waals surface area contributed by atoms with E-state index in [1.807, 2.05) is 23.0 Å². The van der Waals surface area contributed by atoms with Crippen molar-refractivity contribution in [2.75, 3.05) is 52.0 Å². The lowest BCUT2D eigenvalue weighted by molar-refractivity contribution is -0.120. The molecule has 10 nitrogen and oxygen atoms in total. The van der Waals surface area contributed by atoms with Gasteiger partial charge >= 0.3 is 0 Å². The van der Waals surface area contributed by atoms with E-state index in [-0.39, 0.29) is 12.3 Å². The van der Waals surface area contributed by atoms with Crippen LogP contribution in [-0.2, 0) is 22.5 Å². The van der Waals surface area contributed by atoms with Crippen molar-refractivity contribution in [2.24, 2.45) is 0 Å². The fourth-order valence-electron chi connectivity index (χ4n) is 3.90. The molecule has 188 valence electrons. The molecular weight excluding hydrogens is 468 g/mol. The lowest BCUT2D eigenvalue weighted by atomic mass is 10.1. The molecule has 1 fully saturated rings. The number of ether oxygens (including phenoxy) is 3. The quantitative estimate of drug-likeness (QED) is 0.332. The van der Waals surface area contributed by atoms with Crippen molar-refractivity contribution in [1.82, 2.24) is 25.1 Å². The topological polar surface area (TPSA) is 104 Å². The minimum Gasteiger partial charge on any atom is -0.493 e. The van der Waals surface area contributed by atoms with Gasteiger partial charge in [-0.1, -0.05) is 31.7 Å². The van der Waals surface area contributed by atoms with E-state index in [2.05, 4.69) is 29.2 Å². The van der Waals surface area contributed by atoms with Gasteiger partial charge in [-0.3, -0.25) is 4.79 Å². The highest BCUT2D eigenvalue weighted by Gasteiger charge is 2.20. The van der Waals surface area contributed by atoms with Crippen molar-refractivity contribution in [3.05, 3.63) is 30.0 Å². The van der Waals surface area contributed by atoms with E-state index in [1.165, 1.54) is 0 Å². The first-order chi connectivity index (χ1) is 17.0. The Kier molecular flexibility index (Phi) is 8.29. The minimum atomic E-state index is -0.0756. The zero-order valence-electron chi connectivity index (χ0n) is 20.6. The molecule has 3 heterocycles. The molecule has 1 saturated heterocycles. The number of amides is 1. The molecule has 0 radical (unpaired) electrons. The Hall–Kier alpha value is -3.05. The Labute approximate surface area is 209 Å². The number of carbonyl (C=O) groups excluding carboxylic acids is 1. The minimum absolute atomic E-state index is 0.0756. The number of aromatic nitrogens is 4. The fraction of sp³-hybridized carbons (Fsp3) is 0.500. The van der Waals surface area contributed by atoms with Crippen LogP contribution < -0.4 is 19.7 Å². The van der Waals surface area contributed by atoms with E-state index >= 15 is 0 Å². The smallest absolute Gasteiger partial charge is 0.224 e. The standard InChI is InChI=1S/C24H32N6O4S/c1-16(2)35-24-27-22(29-9-11-34-12-10-29)18-15-26-30(23(18)28-24)8-7-25-21(31)14-17-5-6-19(32-3)20(13-17)33-4/h5-6,13,15-16H,7-12,14H2,1-4H3,(H,25,31). The average molecular weight is 501 g/mol. The van der Waals surface area contributed by atoms with E-state index in [9.17, 15) is 4.79 Å². The highest BCUT2D eigenvalue weighted by Crippen LogP contribution is 2.29. The first-order valence-electron chi connectivity index (χ1n) is 11.7. The molecule has 3 aromatic rings. The number of hydrogen-bond acceptors (Lipinski definition) is 9. The van der Waals surface area contributed by atoms with Gasteiger partial charge in [0.15, 0.2) is 22.3 Å². The summed E-state index contributed by atoms with van der Waals surface area (Å²) in [6, 6.07) is 5.48. The summed E-state index contributed by atoms with van der Waals surface area (Å²) in [4.78, 5) is 24.4. The van der Waals surface area contributed by atoms with E-state index < -0.39 is 0 Å². The number of hydrogen-bond donors (Lipinski definition) is 1. The molecule has 1 amide bonds. The number of anilines is 1. The number of fused-ring (bicyclic) bond motifs is 1. The van der Waals surface area contributed by atoms with Crippen LogP contribution in [-0.4, -0.2) is 78.0 Å². The Bertz CT molecular complexity index is 1160. The summed E-state index contributed by atoms with van der Waals surface area (Å²) < 4.78 is 17.9. The predicted octanol–water partition coefficient (Wildman–Crippen LogP) is 2.54. The SMILES string of the molecule is COc1ccc(CC(=O)NCCn2ncc3c(N4CCOCC4)nc(SC(C)C)nc32)cc1OC. The van der Waals surface area contributed by atoms with Crippen LogP contribution in [0.5, 0.6) is 11.5 Å². The number of rotatable bonds is 10. The van der Waals surface area contributed by atoms with E-state index in [0.717, 1.165) is 40.7 Å². The molecule has 35 heavy (non-hydrogen) atoms. The Morgan fingerprint density at radius 2 is 1.94 bits per heavy atom. The van der Waals surface area contributed by atoms with Crippen molar-refractivity contribution in [3.63, 3.8) is 0 Å². The average Bonchev–Trinajstić information content (AvgIpc) is 3.26. The van der Waals surface area contributed by atoms with Gasteiger partial charge in [0.1, 0.15) is 5.82 Å². The van der Waals surface area contributed by atoms with Crippen LogP contribution in [0.15, 0.2) is 29.6 Å². The van der Waals surface area contributed by atoms with Gasteiger partial charge in [0.25, 0.3) is 0 Å². The summed E-state index contributed by atoms with van der Waals surface area (Å²) >= 11 is 1.63. The molecule has 11 heteroatoms. The molecule has 1 aliphatic heterocycles. The van der Waals surface area contributed by atoms with Gasteiger partial charge in [0.2, 0.25) is 5.91 Å². The van der Waals surface area contributed by atoms with Crippen molar-refractivity contribution < 1.29 is 19.0 Å². The molecule has 0 unspecified atom stereocenters. The number of morpholine rings is 1. The maximum atomic E-state index is 12.5. The van der Waals surface area contributed by atoms with E-state index in [1.54, 1.807) is 32.0 Å². The van der Waals surface area contributed by atoms with Gasteiger partial charge in [-0.05, 0) is 17.7 Å². The second-order valence-electron chi connectivity index (χ2n) is 8.42. The van der Waals surface area contributed by atoms with E-state index in [0.29, 0.717) is 43.1 Å². The van der Waals surface area contributed by atoms with Crippen LogP contribution in [0.25, 0.3) is 11.0 Å². The fourth-order valence-corrected chi connectivity index (χ4v) is 4.60. The summed E-state index contributed by atoms with van der Waals surface area (Å²) in [7, 11) is 3.16. The molecule has 0 spiro atoms. The van der Waals surface area contributed by atoms with Crippen molar-refractivity contribution >= 4 is 34.5 Å². The van der Waals surface area contributed by atoms with Crippen molar-refractivity contribution in [1.29, 1.82) is 0 Å². The van der Waals surface area contributed by atoms with Gasteiger partial charge in [0, 0.05) is 24.9 Å². The molecule has 0 atom stereocenters. The first kappa shape index (κ1) is 25.1. The van der Waals surface area contributed by atoms with Crippen LogP contribution in [0.1, 0.15) is 19.4 Å². The van der Waals surface area contributed by atoms with Crippen LogP contribution >= 0.6 is 11.8 Å². The molecule has 1 aliphatic rings. The van der Waals surface area contributed by atoms with Crippen LogP contribution in [0.2, 0.25) is 0 Å². The monoisotopic (exact) mass is 500 g/mol. The van der Waals surface area contributed by atoms with Gasteiger partial charge in [-0.2, -0.15) is 5.10 Å². The summed E-state index contributed by atoms with van der Waals surface area (Å²) in [6.45, 7) is 8.12. The van der Waals surface area contributed by atoms with Gasteiger partial charge in [0.05, 0.1) is 52.0 Å². The van der Waals surface area contributed by atoms with Gasteiger partial charge in [-0.25, -0.2) is 14.6 Å². The third kappa shape index (κ3) is 6.15. The largest absolute Gasteiger partial charge is 0.493 e. The summed E-state index contributed by atoms with van der Waals surface area (Å²) in [6.07, 6.45) is 2.06. The second kappa shape index (κ2) is 11.6. The Morgan fingerprint density at radius 3 is 2.66 bits per heavy atom. The molecule has 1 N–H and O–H groups in total. The maximum absolute atomic E-state index is 12.5. The van der Waals surface area contributed by atoms with Crippen molar-refractivity contribution in [3.8, 4) is 11.5 Å². The molecule has 0 bridgehead atoms. The highest BCUT2D eigenvalue weighted by atomic mass is 32.2.